The molecular formula is C14H20N2O3. The van der Waals surface area contributed by atoms with Gasteiger partial charge in [-0.3, -0.25) is 0 Å². The quantitative estimate of drug-likeness (QED) is 0.904. The molecular weight excluding hydrogens is 244 g/mol. The summed E-state index contributed by atoms with van der Waals surface area (Å²) >= 11 is 0. The highest BCUT2D eigenvalue weighted by atomic mass is 16.5. The van der Waals surface area contributed by atoms with Gasteiger partial charge in [-0.25, -0.2) is 9.78 Å². The first kappa shape index (κ1) is 13.8. The molecule has 2 rings (SSSR count). The summed E-state index contributed by atoms with van der Waals surface area (Å²) in [6.45, 7) is 5.29. The Morgan fingerprint density at radius 3 is 2.58 bits per heavy atom. The van der Waals surface area contributed by atoms with Crippen molar-refractivity contribution in [3.8, 4) is 0 Å². The number of aromatic nitrogens is 1. The summed E-state index contributed by atoms with van der Waals surface area (Å²) < 4.78 is 5.34. The number of ether oxygens (including phenoxy) is 1. The van der Waals surface area contributed by atoms with E-state index >= 15 is 0 Å². The van der Waals surface area contributed by atoms with Gasteiger partial charge >= 0.3 is 5.97 Å². The first-order chi connectivity index (χ1) is 9.02. The van der Waals surface area contributed by atoms with Gasteiger partial charge < -0.3 is 14.7 Å². The summed E-state index contributed by atoms with van der Waals surface area (Å²) in [6, 6.07) is 1.81. The second-order valence-corrected chi connectivity index (χ2v) is 5.01. The number of pyridine rings is 1. The highest BCUT2D eigenvalue weighted by Crippen LogP contribution is 2.26. The Morgan fingerprint density at radius 2 is 2.05 bits per heavy atom. The van der Waals surface area contributed by atoms with Crippen molar-refractivity contribution in [2.24, 2.45) is 0 Å². The van der Waals surface area contributed by atoms with E-state index in [2.05, 4.69) is 9.88 Å². The Kier molecular flexibility index (Phi) is 4.04. The summed E-state index contributed by atoms with van der Waals surface area (Å²) in [5, 5.41) is 9.37. The number of carboxylic acids is 1. The average molecular weight is 264 g/mol. The largest absolute Gasteiger partial charge is 0.478 e. The van der Waals surface area contributed by atoms with Gasteiger partial charge in [0, 0.05) is 25.9 Å². The van der Waals surface area contributed by atoms with Crippen molar-refractivity contribution in [1.29, 1.82) is 0 Å². The molecule has 0 unspecified atom stereocenters. The molecule has 19 heavy (non-hydrogen) atoms. The van der Waals surface area contributed by atoms with Gasteiger partial charge in [-0.1, -0.05) is 0 Å². The number of nitrogens with zero attached hydrogens (tertiary/aromatic N) is 2. The predicted molar refractivity (Wildman–Crippen MR) is 72.9 cm³/mol. The van der Waals surface area contributed by atoms with Crippen LogP contribution >= 0.6 is 0 Å². The molecule has 1 aromatic rings. The lowest BCUT2D eigenvalue weighted by molar-refractivity contribution is 0.0695. The summed E-state index contributed by atoms with van der Waals surface area (Å²) in [5.41, 5.74) is 1.94. The zero-order chi connectivity index (χ0) is 14.0. The number of aromatic carboxylic acids is 1. The van der Waals surface area contributed by atoms with Gasteiger partial charge in [-0.05, 0) is 38.3 Å². The summed E-state index contributed by atoms with van der Waals surface area (Å²) in [7, 11) is 1.72. The van der Waals surface area contributed by atoms with E-state index in [0.717, 1.165) is 37.2 Å². The average Bonchev–Trinajstić information content (AvgIpc) is 2.37. The predicted octanol–water partition coefficient (Wildman–Crippen LogP) is 2.01. The fraction of sp³-hybridized carbons (Fsp3) is 0.571. The van der Waals surface area contributed by atoms with Crippen LogP contribution in [-0.2, 0) is 4.74 Å². The topological polar surface area (TPSA) is 62.7 Å². The molecule has 0 aromatic carbocycles. The molecule has 104 valence electrons. The third-order valence-corrected chi connectivity index (χ3v) is 3.61. The third-order valence-electron chi connectivity index (χ3n) is 3.61. The zero-order valence-electron chi connectivity index (χ0n) is 11.6. The fourth-order valence-corrected chi connectivity index (χ4v) is 2.61. The Labute approximate surface area is 113 Å². The molecule has 0 atom stereocenters. The van der Waals surface area contributed by atoms with E-state index in [-0.39, 0.29) is 6.10 Å². The molecule has 0 spiro atoms. The fourth-order valence-electron chi connectivity index (χ4n) is 2.61. The van der Waals surface area contributed by atoms with Crippen molar-refractivity contribution in [2.75, 3.05) is 25.1 Å². The van der Waals surface area contributed by atoms with Crippen LogP contribution in [0.2, 0.25) is 0 Å². The minimum Gasteiger partial charge on any atom is -0.478 e. The molecule has 0 saturated carbocycles. The maximum Gasteiger partial charge on any atom is 0.339 e. The maximum absolute atomic E-state index is 11.4. The standard InChI is InChI=1S/C14H20N2O3/c1-9-8-10(2)15-13(12(9)14(17)18)16-6-4-11(19-3)5-7-16/h8,11H,4-7H2,1-3H3,(H,17,18). The van der Waals surface area contributed by atoms with Crippen LogP contribution in [0.15, 0.2) is 6.07 Å². The number of carbonyl (C=O) groups is 1. The molecule has 1 saturated heterocycles. The second-order valence-electron chi connectivity index (χ2n) is 5.01. The van der Waals surface area contributed by atoms with E-state index in [0.29, 0.717) is 11.4 Å². The lowest BCUT2D eigenvalue weighted by atomic mass is 10.0. The number of hydrogen-bond acceptors (Lipinski definition) is 4. The van der Waals surface area contributed by atoms with E-state index < -0.39 is 5.97 Å². The van der Waals surface area contributed by atoms with Gasteiger partial charge in [0.05, 0.1) is 6.10 Å². The number of aryl methyl sites for hydroxylation is 2. The van der Waals surface area contributed by atoms with Gasteiger partial charge in [0.15, 0.2) is 0 Å². The van der Waals surface area contributed by atoms with E-state index in [1.54, 1.807) is 7.11 Å². The molecule has 1 aliphatic rings. The molecule has 1 aromatic heterocycles. The van der Waals surface area contributed by atoms with E-state index in [9.17, 15) is 9.90 Å². The SMILES string of the molecule is COC1CCN(c2nc(C)cc(C)c2C(=O)O)CC1. The van der Waals surface area contributed by atoms with Gasteiger partial charge in [0.25, 0.3) is 0 Å². The first-order valence-corrected chi connectivity index (χ1v) is 6.52. The van der Waals surface area contributed by atoms with Crippen molar-refractivity contribution in [3.05, 3.63) is 22.9 Å². The summed E-state index contributed by atoms with van der Waals surface area (Å²) in [6.07, 6.45) is 2.09. The van der Waals surface area contributed by atoms with Crippen LogP contribution in [0.25, 0.3) is 0 Å². The van der Waals surface area contributed by atoms with Crippen molar-refractivity contribution in [1.82, 2.24) is 4.98 Å². The maximum atomic E-state index is 11.4. The minimum atomic E-state index is -0.908. The molecule has 2 heterocycles. The molecule has 0 aliphatic carbocycles. The number of rotatable bonds is 3. The number of hydrogen-bond donors (Lipinski definition) is 1. The van der Waals surface area contributed by atoms with Gasteiger partial charge in [0.1, 0.15) is 11.4 Å². The second kappa shape index (κ2) is 5.57. The van der Waals surface area contributed by atoms with Gasteiger partial charge in [0.2, 0.25) is 0 Å². The monoisotopic (exact) mass is 264 g/mol. The Morgan fingerprint density at radius 1 is 1.42 bits per heavy atom. The normalized spacial score (nSPS) is 16.7. The third kappa shape index (κ3) is 2.87. The molecule has 5 heteroatoms. The molecule has 0 bridgehead atoms. The summed E-state index contributed by atoms with van der Waals surface area (Å²) in [5.74, 6) is -0.312. The van der Waals surface area contributed by atoms with E-state index in [4.69, 9.17) is 4.74 Å². The van der Waals surface area contributed by atoms with Crippen LogP contribution in [0.3, 0.4) is 0 Å². The highest BCUT2D eigenvalue weighted by molar-refractivity contribution is 5.95. The van der Waals surface area contributed by atoms with Crippen LogP contribution in [-0.4, -0.2) is 42.4 Å². The van der Waals surface area contributed by atoms with Crippen LogP contribution in [0.4, 0.5) is 5.82 Å². The lowest BCUT2D eigenvalue weighted by Crippen LogP contribution is -2.38. The van der Waals surface area contributed by atoms with Gasteiger partial charge in [-0.15, -0.1) is 0 Å². The molecule has 0 amide bonds. The van der Waals surface area contributed by atoms with Crippen molar-refractivity contribution in [3.63, 3.8) is 0 Å². The molecule has 0 radical (unpaired) electrons. The highest BCUT2D eigenvalue weighted by Gasteiger charge is 2.25. The number of anilines is 1. The Hall–Kier alpha value is -1.62. The Balaban J connectivity index is 2.31. The molecule has 5 nitrogen and oxygen atoms in total. The van der Waals surface area contributed by atoms with Crippen molar-refractivity contribution >= 4 is 11.8 Å². The number of piperidine rings is 1. The lowest BCUT2D eigenvalue weighted by Gasteiger charge is -2.33. The van der Waals surface area contributed by atoms with Crippen LogP contribution in [0.1, 0.15) is 34.5 Å². The Bertz CT molecular complexity index is 480. The molecule has 1 N–H and O–H groups in total. The van der Waals surface area contributed by atoms with E-state index in [1.165, 1.54) is 0 Å². The van der Waals surface area contributed by atoms with Crippen LogP contribution < -0.4 is 4.90 Å². The van der Waals surface area contributed by atoms with Crippen LogP contribution in [0.5, 0.6) is 0 Å². The van der Waals surface area contributed by atoms with Crippen molar-refractivity contribution < 1.29 is 14.6 Å². The number of methoxy groups -OCH3 is 1. The smallest absolute Gasteiger partial charge is 0.339 e. The van der Waals surface area contributed by atoms with Crippen LogP contribution in [0, 0.1) is 13.8 Å². The molecule has 1 aliphatic heterocycles. The van der Waals surface area contributed by atoms with Gasteiger partial charge in [-0.2, -0.15) is 0 Å². The first-order valence-electron chi connectivity index (χ1n) is 6.52. The number of carboxylic acid groups (broad SMARTS) is 1. The summed E-state index contributed by atoms with van der Waals surface area (Å²) in [4.78, 5) is 17.9. The van der Waals surface area contributed by atoms with Crippen molar-refractivity contribution in [2.45, 2.75) is 32.8 Å². The minimum absolute atomic E-state index is 0.274. The zero-order valence-corrected chi connectivity index (χ0v) is 11.6. The molecule has 1 fully saturated rings. The van der Waals surface area contributed by atoms with E-state index in [1.807, 2.05) is 19.9 Å².